The van der Waals surface area contributed by atoms with Crippen molar-refractivity contribution >= 4 is 35.0 Å². The van der Waals surface area contributed by atoms with Crippen molar-refractivity contribution in [3.63, 3.8) is 0 Å². The summed E-state index contributed by atoms with van der Waals surface area (Å²) in [6, 6.07) is 20.5. The normalized spacial score (nSPS) is 15.1. The van der Waals surface area contributed by atoms with Gasteiger partial charge in [-0.25, -0.2) is 4.98 Å². The van der Waals surface area contributed by atoms with Crippen molar-refractivity contribution < 1.29 is 14.4 Å². The molecule has 0 saturated heterocycles. The molecule has 38 heavy (non-hydrogen) atoms. The van der Waals surface area contributed by atoms with Crippen LogP contribution in [0, 0.1) is 6.92 Å². The zero-order valence-corrected chi connectivity index (χ0v) is 21.5. The molecule has 1 N–H and O–H groups in total. The Balaban J connectivity index is 1.41. The minimum Gasteiger partial charge on any atom is -0.324 e. The van der Waals surface area contributed by atoms with Crippen molar-refractivity contribution in [2.45, 2.75) is 32.4 Å². The Morgan fingerprint density at radius 1 is 1.03 bits per heavy atom. The lowest BCUT2D eigenvalue weighted by Crippen LogP contribution is -2.44. The van der Waals surface area contributed by atoms with Gasteiger partial charge in [-0.2, -0.15) is 0 Å². The van der Waals surface area contributed by atoms with Crippen LogP contribution in [0.2, 0.25) is 5.02 Å². The van der Waals surface area contributed by atoms with Crippen LogP contribution in [0.4, 0.5) is 5.82 Å². The highest BCUT2D eigenvalue weighted by molar-refractivity contribution is 6.30. The molecule has 0 unspecified atom stereocenters. The number of nitrogens with zero attached hydrogens (tertiary/aromatic N) is 3. The van der Waals surface area contributed by atoms with Gasteiger partial charge in [0, 0.05) is 53.6 Å². The average Bonchev–Trinajstić information content (AvgIpc) is 2.99. The fraction of sp³-hybridized carbons (Fsp3) is 0.167. The number of nitrogens with one attached hydrogen (secondary N) is 1. The number of rotatable bonds is 6. The third-order valence-corrected chi connectivity index (χ3v) is 6.76. The van der Waals surface area contributed by atoms with Crippen molar-refractivity contribution in [2.24, 2.45) is 0 Å². The molecule has 0 aliphatic carbocycles. The highest BCUT2D eigenvalue weighted by atomic mass is 35.5. The number of carbonyl (C=O) groups is 3. The van der Waals surface area contributed by atoms with Crippen LogP contribution in [0.1, 0.15) is 43.1 Å². The first-order valence-corrected chi connectivity index (χ1v) is 12.6. The minimum atomic E-state index is -0.673. The maximum atomic E-state index is 13.7. The van der Waals surface area contributed by atoms with E-state index in [0.29, 0.717) is 34.0 Å². The number of halogens is 1. The summed E-state index contributed by atoms with van der Waals surface area (Å²) in [4.78, 5) is 50.0. The molecule has 190 valence electrons. The van der Waals surface area contributed by atoms with E-state index in [1.165, 1.54) is 0 Å². The summed E-state index contributed by atoms with van der Waals surface area (Å²) in [5.74, 6) is -0.102. The number of aromatic nitrogens is 2. The van der Waals surface area contributed by atoms with Gasteiger partial charge in [-0.1, -0.05) is 35.9 Å². The standard InChI is InChI=1S/C30H25ClN4O3/c1-19-4-2-6-28(33-19)34-29(37)22-9-7-20(8-10-22)18-35-26(14-21-5-3-13-32-17-21)27(36)16-23-15-24(31)11-12-25(23)30(35)38/h2-13,15,17,26H,14,16,18H2,1H3,(H,33,34,37)/t26-/m1/s1. The van der Waals surface area contributed by atoms with E-state index >= 15 is 0 Å². The first-order valence-electron chi connectivity index (χ1n) is 12.2. The van der Waals surface area contributed by atoms with Crippen LogP contribution in [-0.4, -0.2) is 38.5 Å². The number of carbonyl (C=O) groups excluding carboxylic acids is 3. The molecule has 1 aliphatic heterocycles. The molecule has 0 radical (unpaired) electrons. The van der Waals surface area contributed by atoms with Crippen molar-refractivity contribution in [1.82, 2.24) is 14.9 Å². The second kappa shape index (κ2) is 10.9. The summed E-state index contributed by atoms with van der Waals surface area (Å²) in [6.45, 7) is 2.06. The number of benzene rings is 2. The zero-order valence-electron chi connectivity index (χ0n) is 20.7. The van der Waals surface area contributed by atoms with Crippen LogP contribution in [0.3, 0.4) is 0 Å². The van der Waals surface area contributed by atoms with Gasteiger partial charge in [-0.05, 0) is 72.1 Å². The topological polar surface area (TPSA) is 92.3 Å². The Morgan fingerprint density at radius 3 is 2.58 bits per heavy atom. The first-order chi connectivity index (χ1) is 18.4. The molecule has 0 saturated carbocycles. The number of amides is 2. The van der Waals surface area contributed by atoms with Crippen LogP contribution < -0.4 is 5.32 Å². The summed E-state index contributed by atoms with van der Waals surface area (Å²) in [6.07, 6.45) is 3.85. The average molecular weight is 525 g/mol. The van der Waals surface area contributed by atoms with Gasteiger partial charge in [-0.3, -0.25) is 19.4 Å². The number of hydrogen-bond donors (Lipinski definition) is 1. The molecule has 3 heterocycles. The second-order valence-electron chi connectivity index (χ2n) is 9.27. The van der Waals surface area contributed by atoms with Gasteiger partial charge in [0.2, 0.25) is 0 Å². The van der Waals surface area contributed by atoms with Gasteiger partial charge < -0.3 is 10.2 Å². The molecular formula is C30H25ClN4O3. The Kier molecular flexibility index (Phi) is 7.29. The fourth-order valence-electron chi connectivity index (χ4n) is 4.60. The first kappa shape index (κ1) is 25.3. The Morgan fingerprint density at radius 2 is 1.84 bits per heavy atom. The molecule has 1 atom stereocenters. The van der Waals surface area contributed by atoms with Crippen LogP contribution >= 0.6 is 11.6 Å². The molecule has 5 rings (SSSR count). The van der Waals surface area contributed by atoms with Gasteiger partial charge in [0.1, 0.15) is 5.82 Å². The van der Waals surface area contributed by atoms with Crippen molar-refractivity contribution in [2.75, 3.05) is 5.32 Å². The number of fused-ring (bicyclic) bond motifs is 1. The summed E-state index contributed by atoms with van der Waals surface area (Å²) in [5.41, 5.74) is 4.03. The molecule has 7 nitrogen and oxygen atoms in total. The number of ketones is 1. The van der Waals surface area contributed by atoms with Gasteiger partial charge in [-0.15, -0.1) is 0 Å². The fourth-order valence-corrected chi connectivity index (χ4v) is 4.80. The Bertz CT molecular complexity index is 1510. The third-order valence-electron chi connectivity index (χ3n) is 6.52. The van der Waals surface area contributed by atoms with Crippen molar-refractivity contribution in [1.29, 1.82) is 0 Å². The van der Waals surface area contributed by atoms with E-state index in [1.807, 2.05) is 31.2 Å². The van der Waals surface area contributed by atoms with E-state index in [1.54, 1.807) is 65.8 Å². The van der Waals surface area contributed by atoms with Crippen LogP contribution in [0.15, 0.2) is 85.2 Å². The van der Waals surface area contributed by atoms with Crippen molar-refractivity contribution in [3.05, 3.63) is 124 Å². The number of anilines is 1. The lowest BCUT2D eigenvalue weighted by atomic mass is 9.98. The van der Waals surface area contributed by atoms with Crippen LogP contribution in [-0.2, 0) is 24.2 Å². The lowest BCUT2D eigenvalue weighted by Gasteiger charge is -2.29. The number of pyridine rings is 2. The smallest absolute Gasteiger partial charge is 0.256 e. The maximum absolute atomic E-state index is 13.7. The number of aryl methyl sites for hydroxylation is 1. The monoisotopic (exact) mass is 524 g/mol. The largest absolute Gasteiger partial charge is 0.324 e. The summed E-state index contributed by atoms with van der Waals surface area (Å²) < 4.78 is 0. The van der Waals surface area contributed by atoms with Gasteiger partial charge in [0.15, 0.2) is 5.78 Å². The van der Waals surface area contributed by atoms with E-state index in [-0.39, 0.29) is 30.6 Å². The molecule has 1 aliphatic rings. The third kappa shape index (κ3) is 5.63. The van der Waals surface area contributed by atoms with Crippen LogP contribution in [0.5, 0.6) is 0 Å². The SMILES string of the molecule is Cc1cccc(NC(=O)c2ccc(CN3C(=O)c4ccc(Cl)cc4CC(=O)[C@H]3Cc3cccnc3)cc2)n1. The van der Waals surface area contributed by atoms with Gasteiger partial charge in [0.25, 0.3) is 11.8 Å². The molecule has 4 aromatic rings. The van der Waals surface area contributed by atoms with Gasteiger partial charge >= 0.3 is 0 Å². The maximum Gasteiger partial charge on any atom is 0.256 e. The zero-order chi connectivity index (χ0) is 26.6. The number of hydrogen-bond acceptors (Lipinski definition) is 5. The summed E-state index contributed by atoms with van der Waals surface area (Å²) in [7, 11) is 0. The summed E-state index contributed by atoms with van der Waals surface area (Å²) >= 11 is 6.18. The molecule has 8 heteroatoms. The molecule has 0 fully saturated rings. The van der Waals surface area contributed by atoms with E-state index in [9.17, 15) is 14.4 Å². The minimum absolute atomic E-state index is 0.0649. The quantitative estimate of drug-likeness (QED) is 0.380. The predicted molar refractivity (Wildman–Crippen MR) is 145 cm³/mol. The highest BCUT2D eigenvalue weighted by Gasteiger charge is 2.35. The molecule has 2 aromatic heterocycles. The molecule has 2 aromatic carbocycles. The second-order valence-corrected chi connectivity index (χ2v) is 9.71. The van der Waals surface area contributed by atoms with E-state index in [0.717, 1.165) is 16.8 Å². The van der Waals surface area contributed by atoms with E-state index in [4.69, 9.17) is 11.6 Å². The predicted octanol–water partition coefficient (Wildman–Crippen LogP) is 5.07. The summed E-state index contributed by atoms with van der Waals surface area (Å²) in [5, 5.41) is 3.28. The molecule has 0 spiro atoms. The van der Waals surface area contributed by atoms with E-state index in [2.05, 4.69) is 15.3 Å². The molecule has 0 bridgehead atoms. The van der Waals surface area contributed by atoms with E-state index < -0.39 is 6.04 Å². The Labute approximate surface area is 225 Å². The molecule has 2 amide bonds. The molecular weight excluding hydrogens is 500 g/mol. The number of Topliss-reactive ketones (excluding diaryl/α,β-unsaturated/α-hetero) is 1. The van der Waals surface area contributed by atoms with Crippen molar-refractivity contribution in [3.8, 4) is 0 Å². The highest BCUT2D eigenvalue weighted by Crippen LogP contribution is 2.27. The van der Waals surface area contributed by atoms with Gasteiger partial charge in [0.05, 0.1) is 6.04 Å². The Hall–Kier alpha value is -4.36. The lowest BCUT2D eigenvalue weighted by molar-refractivity contribution is -0.122. The van der Waals surface area contributed by atoms with Crippen LogP contribution in [0.25, 0.3) is 0 Å².